The standard InChI is InChI=1S/C19H35N3O2.HI/c1-6-20-16(21-15-13-18(4,23-5)17(15,2)3)22-10-7-19(14-22)8-11-24-12-9-19;/h15H,6-14H2,1-5H3,(H,20,21);1H. The maximum atomic E-state index is 5.77. The molecule has 0 aromatic rings. The zero-order chi connectivity index (χ0) is 17.4. The molecule has 2 unspecified atom stereocenters. The predicted molar refractivity (Wildman–Crippen MR) is 113 cm³/mol. The Kier molecular flexibility index (Phi) is 6.69. The largest absolute Gasteiger partial charge is 0.381 e. The Balaban J connectivity index is 0.00000225. The van der Waals surface area contributed by atoms with Gasteiger partial charge in [-0.25, -0.2) is 0 Å². The molecule has 0 aromatic carbocycles. The van der Waals surface area contributed by atoms with Gasteiger partial charge in [-0.05, 0) is 44.9 Å². The van der Waals surface area contributed by atoms with E-state index in [1.54, 1.807) is 0 Å². The minimum Gasteiger partial charge on any atom is -0.381 e. The summed E-state index contributed by atoms with van der Waals surface area (Å²) in [6.45, 7) is 13.8. The van der Waals surface area contributed by atoms with Crippen LogP contribution < -0.4 is 5.32 Å². The van der Waals surface area contributed by atoms with Gasteiger partial charge < -0.3 is 19.7 Å². The molecule has 0 aromatic heterocycles. The number of methoxy groups -OCH3 is 1. The van der Waals surface area contributed by atoms with Gasteiger partial charge in [0.1, 0.15) is 0 Å². The Morgan fingerprint density at radius 3 is 2.48 bits per heavy atom. The van der Waals surface area contributed by atoms with Crippen LogP contribution in [0.15, 0.2) is 4.99 Å². The number of nitrogens with zero attached hydrogens (tertiary/aromatic N) is 2. The molecular weight excluding hydrogens is 429 g/mol. The van der Waals surface area contributed by atoms with E-state index in [2.05, 4.69) is 37.9 Å². The summed E-state index contributed by atoms with van der Waals surface area (Å²) in [6.07, 6.45) is 4.69. The number of likely N-dealkylation sites (tertiary alicyclic amines) is 1. The maximum Gasteiger partial charge on any atom is 0.194 e. The van der Waals surface area contributed by atoms with Gasteiger partial charge in [-0.1, -0.05) is 13.8 Å². The van der Waals surface area contributed by atoms with Crippen molar-refractivity contribution in [1.82, 2.24) is 10.2 Å². The lowest BCUT2D eigenvalue weighted by atomic mass is 9.56. The van der Waals surface area contributed by atoms with Crippen LogP contribution in [0.3, 0.4) is 0 Å². The molecule has 2 saturated heterocycles. The second kappa shape index (κ2) is 7.89. The molecule has 2 aliphatic heterocycles. The smallest absolute Gasteiger partial charge is 0.194 e. The molecule has 1 spiro atoms. The molecule has 3 aliphatic rings. The third-order valence-corrected chi connectivity index (χ3v) is 7.18. The molecule has 2 heterocycles. The molecular formula is C19H36IN3O2. The highest BCUT2D eigenvalue weighted by Gasteiger charge is 2.58. The van der Waals surface area contributed by atoms with Gasteiger partial charge in [0.25, 0.3) is 0 Å². The van der Waals surface area contributed by atoms with Crippen LogP contribution in [-0.4, -0.2) is 62.5 Å². The van der Waals surface area contributed by atoms with Crippen LogP contribution in [0.1, 0.15) is 53.4 Å². The number of halogens is 1. The Hall–Kier alpha value is -0.0800. The summed E-state index contributed by atoms with van der Waals surface area (Å²) in [5.74, 6) is 1.09. The Bertz CT molecular complexity index is 491. The number of rotatable bonds is 3. The first-order valence-corrected chi connectivity index (χ1v) is 9.55. The number of ether oxygens (including phenoxy) is 2. The van der Waals surface area contributed by atoms with Crippen LogP contribution in [0.2, 0.25) is 0 Å². The summed E-state index contributed by atoms with van der Waals surface area (Å²) in [7, 11) is 1.83. The van der Waals surface area contributed by atoms with E-state index < -0.39 is 0 Å². The minimum atomic E-state index is -0.0467. The molecule has 25 heavy (non-hydrogen) atoms. The highest BCUT2D eigenvalue weighted by atomic mass is 127. The normalized spacial score (nSPS) is 33.7. The fraction of sp³-hybridized carbons (Fsp3) is 0.947. The lowest BCUT2D eigenvalue weighted by molar-refractivity contribution is -0.177. The molecule has 2 atom stereocenters. The van der Waals surface area contributed by atoms with E-state index in [0.29, 0.717) is 11.5 Å². The third-order valence-electron chi connectivity index (χ3n) is 7.18. The fourth-order valence-corrected chi connectivity index (χ4v) is 4.59. The lowest BCUT2D eigenvalue weighted by Gasteiger charge is -2.59. The van der Waals surface area contributed by atoms with Crippen molar-refractivity contribution < 1.29 is 9.47 Å². The molecule has 3 fully saturated rings. The van der Waals surface area contributed by atoms with Crippen LogP contribution in [0.5, 0.6) is 0 Å². The highest BCUT2D eigenvalue weighted by molar-refractivity contribution is 14.0. The molecule has 0 radical (unpaired) electrons. The molecule has 1 aliphatic carbocycles. The summed E-state index contributed by atoms with van der Waals surface area (Å²) in [4.78, 5) is 7.28. The predicted octanol–water partition coefficient (Wildman–Crippen LogP) is 3.28. The maximum absolute atomic E-state index is 5.77. The second-order valence-corrected chi connectivity index (χ2v) is 8.64. The van der Waals surface area contributed by atoms with Crippen molar-refractivity contribution in [1.29, 1.82) is 0 Å². The summed E-state index contributed by atoms with van der Waals surface area (Å²) < 4.78 is 11.3. The van der Waals surface area contributed by atoms with Crippen molar-refractivity contribution in [2.75, 3.05) is 40.0 Å². The van der Waals surface area contributed by atoms with E-state index in [0.717, 1.165) is 45.2 Å². The molecule has 3 rings (SSSR count). The lowest BCUT2D eigenvalue weighted by Crippen LogP contribution is -2.69. The number of nitrogens with one attached hydrogen (secondary N) is 1. The van der Waals surface area contributed by atoms with Crippen molar-refractivity contribution in [2.24, 2.45) is 15.8 Å². The number of aliphatic imine (C=N–C) groups is 1. The SMILES string of the molecule is CCN=C(NC1CC(C)(OC)C1(C)C)N1CCC2(CCOCC2)C1.I. The summed E-state index contributed by atoms with van der Waals surface area (Å²) in [6, 6.07) is 0.416. The van der Waals surface area contributed by atoms with Crippen molar-refractivity contribution in [3.05, 3.63) is 0 Å². The average Bonchev–Trinajstić information content (AvgIpc) is 2.97. The van der Waals surface area contributed by atoms with Gasteiger partial charge in [0, 0.05) is 51.4 Å². The minimum absolute atomic E-state index is 0. The van der Waals surface area contributed by atoms with Crippen LogP contribution >= 0.6 is 24.0 Å². The van der Waals surface area contributed by atoms with Gasteiger partial charge in [0.2, 0.25) is 0 Å². The van der Waals surface area contributed by atoms with E-state index in [-0.39, 0.29) is 35.0 Å². The molecule has 1 N–H and O–H groups in total. The third kappa shape index (κ3) is 3.81. The highest BCUT2D eigenvalue weighted by Crippen LogP contribution is 2.51. The molecule has 0 amide bonds. The van der Waals surface area contributed by atoms with E-state index >= 15 is 0 Å². The van der Waals surface area contributed by atoms with Gasteiger partial charge in [-0.2, -0.15) is 0 Å². The first kappa shape index (κ1) is 21.2. The van der Waals surface area contributed by atoms with E-state index in [1.807, 2.05) is 7.11 Å². The number of hydrogen-bond donors (Lipinski definition) is 1. The first-order chi connectivity index (χ1) is 11.4. The summed E-state index contributed by atoms with van der Waals surface area (Å²) in [5.41, 5.74) is 0.506. The zero-order valence-electron chi connectivity index (χ0n) is 16.6. The first-order valence-electron chi connectivity index (χ1n) is 9.55. The van der Waals surface area contributed by atoms with Crippen molar-refractivity contribution in [3.63, 3.8) is 0 Å². The van der Waals surface area contributed by atoms with Gasteiger partial charge in [0.05, 0.1) is 5.60 Å². The number of hydrogen-bond acceptors (Lipinski definition) is 3. The van der Waals surface area contributed by atoms with E-state index in [1.165, 1.54) is 19.3 Å². The Labute approximate surface area is 170 Å². The number of guanidine groups is 1. The molecule has 146 valence electrons. The van der Waals surface area contributed by atoms with Crippen LogP contribution in [0.4, 0.5) is 0 Å². The van der Waals surface area contributed by atoms with Crippen molar-refractivity contribution in [3.8, 4) is 0 Å². The van der Waals surface area contributed by atoms with Crippen LogP contribution in [0, 0.1) is 10.8 Å². The van der Waals surface area contributed by atoms with E-state index in [4.69, 9.17) is 14.5 Å². The van der Waals surface area contributed by atoms with Gasteiger partial charge in [-0.3, -0.25) is 4.99 Å². The van der Waals surface area contributed by atoms with Gasteiger partial charge in [-0.15, -0.1) is 24.0 Å². The summed E-state index contributed by atoms with van der Waals surface area (Å²) in [5, 5.41) is 3.76. The molecule has 5 nitrogen and oxygen atoms in total. The Morgan fingerprint density at radius 1 is 1.24 bits per heavy atom. The average molecular weight is 465 g/mol. The molecule has 6 heteroatoms. The van der Waals surface area contributed by atoms with Gasteiger partial charge in [0.15, 0.2) is 5.96 Å². The quantitative estimate of drug-likeness (QED) is 0.395. The summed E-state index contributed by atoms with van der Waals surface area (Å²) >= 11 is 0. The zero-order valence-corrected chi connectivity index (χ0v) is 18.9. The molecule has 0 bridgehead atoms. The van der Waals surface area contributed by atoms with Crippen molar-refractivity contribution >= 4 is 29.9 Å². The van der Waals surface area contributed by atoms with Gasteiger partial charge >= 0.3 is 0 Å². The molecule has 1 saturated carbocycles. The second-order valence-electron chi connectivity index (χ2n) is 8.64. The van der Waals surface area contributed by atoms with Crippen LogP contribution in [0.25, 0.3) is 0 Å². The monoisotopic (exact) mass is 465 g/mol. The Morgan fingerprint density at radius 2 is 1.92 bits per heavy atom. The van der Waals surface area contributed by atoms with E-state index in [9.17, 15) is 0 Å². The topological polar surface area (TPSA) is 46.1 Å². The fourth-order valence-electron chi connectivity index (χ4n) is 4.59. The van der Waals surface area contributed by atoms with Crippen LogP contribution in [-0.2, 0) is 9.47 Å². The van der Waals surface area contributed by atoms with Crippen molar-refractivity contribution in [2.45, 2.75) is 65.0 Å².